The van der Waals surface area contributed by atoms with Crippen molar-refractivity contribution in [1.29, 1.82) is 0 Å². The van der Waals surface area contributed by atoms with Gasteiger partial charge in [0.1, 0.15) is 16.4 Å². The first kappa shape index (κ1) is 17.1. The zero-order chi connectivity index (χ0) is 17.2. The second-order valence-electron chi connectivity index (χ2n) is 5.26. The number of hydrogen-bond acceptors (Lipinski definition) is 4. The average molecular weight is 335 g/mol. The van der Waals surface area contributed by atoms with Crippen LogP contribution in [0.3, 0.4) is 0 Å². The maximum Gasteiger partial charge on any atom is 0.267 e. The van der Waals surface area contributed by atoms with Crippen molar-refractivity contribution in [2.45, 2.75) is 18.7 Å². The topological polar surface area (TPSA) is 55.8 Å². The number of methoxy groups -OCH3 is 2. The lowest BCUT2D eigenvalue weighted by molar-refractivity contribution is 0.392. The Morgan fingerprint density at radius 1 is 0.913 bits per heavy atom. The molecule has 0 aliphatic heterocycles. The first-order chi connectivity index (χ1) is 10.8. The van der Waals surface area contributed by atoms with Gasteiger partial charge in [-0.05, 0) is 49.2 Å². The van der Waals surface area contributed by atoms with E-state index >= 15 is 0 Å². The lowest BCUT2D eigenvalue weighted by Crippen LogP contribution is -2.27. The van der Waals surface area contributed by atoms with Crippen molar-refractivity contribution >= 4 is 15.7 Å². The number of nitrogens with zero attached hydrogens (tertiary/aromatic N) is 1. The van der Waals surface area contributed by atoms with Gasteiger partial charge < -0.3 is 9.47 Å². The predicted molar refractivity (Wildman–Crippen MR) is 91.1 cm³/mol. The second-order valence-corrected chi connectivity index (χ2v) is 7.20. The molecule has 0 saturated carbocycles. The van der Waals surface area contributed by atoms with E-state index in [9.17, 15) is 8.42 Å². The summed E-state index contributed by atoms with van der Waals surface area (Å²) in [4.78, 5) is 0.0695. The van der Waals surface area contributed by atoms with E-state index in [4.69, 9.17) is 9.47 Å². The number of benzene rings is 2. The van der Waals surface area contributed by atoms with Crippen molar-refractivity contribution in [2.75, 3.05) is 25.6 Å². The van der Waals surface area contributed by atoms with Gasteiger partial charge in [-0.2, -0.15) is 0 Å². The molecule has 0 radical (unpaired) electrons. The van der Waals surface area contributed by atoms with E-state index in [2.05, 4.69) is 0 Å². The summed E-state index contributed by atoms with van der Waals surface area (Å²) in [6, 6.07) is 10.2. The highest BCUT2D eigenvalue weighted by molar-refractivity contribution is 7.92. The van der Waals surface area contributed by atoms with Gasteiger partial charge in [-0.25, -0.2) is 8.42 Å². The third-order valence-electron chi connectivity index (χ3n) is 3.86. The predicted octanol–water partition coefficient (Wildman–Crippen LogP) is 3.15. The minimum Gasteiger partial charge on any atom is -0.497 e. The molecule has 0 bridgehead atoms. The highest BCUT2D eigenvalue weighted by Gasteiger charge is 2.26. The van der Waals surface area contributed by atoms with E-state index in [1.165, 1.54) is 31.6 Å². The number of ether oxygens (including phenoxy) is 2. The summed E-state index contributed by atoms with van der Waals surface area (Å²) >= 11 is 0. The van der Waals surface area contributed by atoms with Crippen LogP contribution in [-0.2, 0) is 10.0 Å². The molecular formula is C17H21NO4S. The Labute approximate surface area is 137 Å². The fourth-order valence-corrected chi connectivity index (χ4v) is 3.55. The van der Waals surface area contributed by atoms with Crippen LogP contribution < -0.4 is 13.8 Å². The lowest BCUT2D eigenvalue weighted by atomic mass is 10.1. The Balaban J connectivity index is 2.54. The van der Waals surface area contributed by atoms with Gasteiger partial charge in [-0.3, -0.25) is 4.31 Å². The van der Waals surface area contributed by atoms with E-state index in [1.807, 2.05) is 26.0 Å². The molecule has 0 fully saturated rings. The number of anilines is 1. The lowest BCUT2D eigenvalue weighted by Gasteiger charge is -2.22. The Morgan fingerprint density at radius 2 is 1.61 bits per heavy atom. The molecule has 2 aromatic rings. The van der Waals surface area contributed by atoms with Crippen molar-refractivity contribution in [2.24, 2.45) is 0 Å². The van der Waals surface area contributed by atoms with E-state index in [1.54, 1.807) is 18.2 Å². The van der Waals surface area contributed by atoms with Gasteiger partial charge in [-0.1, -0.05) is 6.07 Å². The Hall–Kier alpha value is -2.21. The summed E-state index contributed by atoms with van der Waals surface area (Å²) in [5, 5.41) is 0. The third-order valence-corrected chi connectivity index (χ3v) is 5.67. The normalized spacial score (nSPS) is 11.2. The monoisotopic (exact) mass is 335 g/mol. The molecule has 2 aromatic carbocycles. The molecule has 23 heavy (non-hydrogen) atoms. The highest BCUT2D eigenvalue weighted by atomic mass is 32.2. The second kappa shape index (κ2) is 6.50. The molecule has 5 nitrogen and oxygen atoms in total. The van der Waals surface area contributed by atoms with Crippen LogP contribution in [0.4, 0.5) is 5.69 Å². The van der Waals surface area contributed by atoms with Crippen LogP contribution in [0.25, 0.3) is 0 Å². The molecule has 0 spiro atoms. The van der Waals surface area contributed by atoms with Gasteiger partial charge in [0, 0.05) is 13.1 Å². The first-order valence-electron chi connectivity index (χ1n) is 7.09. The number of rotatable bonds is 5. The van der Waals surface area contributed by atoms with Crippen molar-refractivity contribution in [3.8, 4) is 11.5 Å². The molecule has 0 atom stereocenters. The fraction of sp³-hybridized carbons (Fsp3) is 0.294. The number of sulfonamides is 1. The van der Waals surface area contributed by atoms with Gasteiger partial charge in [0.25, 0.3) is 10.0 Å². The third kappa shape index (κ3) is 3.27. The highest BCUT2D eigenvalue weighted by Crippen LogP contribution is 2.32. The molecule has 0 aromatic heterocycles. The van der Waals surface area contributed by atoms with Crippen LogP contribution in [-0.4, -0.2) is 29.7 Å². The summed E-state index contributed by atoms with van der Waals surface area (Å²) in [6.07, 6.45) is 0. The molecule has 0 heterocycles. The minimum atomic E-state index is -3.77. The standard InChI is InChI=1S/C17H21NO4S/c1-12-6-7-14(10-13(12)2)18(3)23(19,20)17-11-15(21-4)8-9-16(17)22-5/h6-11H,1-5H3. The average Bonchev–Trinajstić information content (AvgIpc) is 2.55. The maximum atomic E-state index is 13.0. The quantitative estimate of drug-likeness (QED) is 0.842. The smallest absolute Gasteiger partial charge is 0.267 e. The van der Waals surface area contributed by atoms with Crippen LogP contribution in [0, 0.1) is 13.8 Å². The van der Waals surface area contributed by atoms with E-state index in [0.717, 1.165) is 11.1 Å². The van der Waals surface area contributed by atoms with Crippen molar-refractivity contribution in [3.63, 3.8) is 0 Å². The molecule has 0 aliphatic rings. The van der Waals surface area contributed by atoms with Gasteiger partial charge in [-0.15, -0.1) is 0 Å². The summed E-state index contributed by atoms with van der Waals surface area (Å²) in [5.41, 5.74) is 2.73. The van der Waals surface area contributed by atoms with E-state index < -0.39 is 10.0 Å². The molecule has 124 valence electrons. The largest absolute Gasteiger partial charge is 0.497 e. The molecule has 0 saturated heterocycles. The van der Waals surface area contributed by atoms with Crippen molar-refractivity contribution in [3.05, 3.63) is 47.5 Å². The summed E-state index contributed by atoms with van der Waals surface area (Å²) in [7, 11) is 0.690. The van der Waals surface area contributed by atoms with Crippen LogP contribution in [0.15, 0.2) is 41.3 Å². The molecule has 0 N–H and O–H groups in total. The van der Waals surface area contributed by atoms with Gasteiger partial charge in [0.05, 0.1) is 19.9 Å². The zero-order valence-corrected chi connectivity index (χ0v) is 14.8. The van der Waals surface area contributed by atoms with Crippen molar-refractivity contribution in [1.82, 2.24) is 0 Å². The molecule has 0 aliphatic carbocycles. The fourth-order valence-electron chi connectivity index (χ4n) is 2.19. The molecule has 0 unspecified atom stereocenters. The van der Waals surface area contributed by atoms with Crippen LogP contribution >= 0.6 is 0 Å². The van der Waals surface area contributed by atoms with Crippen LogP contribution in [0.5, 0.6) is 11.5 Å². The van der Waals surface area contributed by atoms with Crippen LogP contribution in [0.1, 0.15) is 11.1 Å². The minimum absolute atomic E-state index is 0.0695. The summed E-state index contributed by atoms with van der Waals surface area (Å²) in [6.45, 7) is 3.93. The summed E-state index contributed by atoms with van der Waals surface area (Å²) in [5.74, 6) is 0.736. The molecular weight excluding hydrogens is 314 g/mol. The van der Waals surface area contributed by atoms with Crippen molar-refractivity contribution < 1.29 is 17.9 Å². The zero-order valence-electron chi connectivity index (χ0n) is 14.0. The Kier molecular flexibility index (Phi) is 4.85. The molecule has 2 rings (SSSR count). The Morgan fingerprint density at radius 3 is 2.17 bits per heavy atom. The van der Waals surface area contributed by atoms with Gasteiger partial charge in [0.2, 0.25) is 0 Å². The van der Waals surface area contributed by atoms with Gasteiger partial charge in [0.15, 0.2) is 0 Å². The number of hydrogen-bond donors (Lipinski definition) is 0. The molecule has 6 heteroatoms. The number of aryl methyl sites for hydroxylation is 2. The van der Waals surface area contributed by atoms with E-state index in [-0.39, 0.29) is 10.6 Å². The summed E-state index contributed by atoms with van der Waals surface area (Å²) < 4.78 is 37.5. The SMILES string of the molecule is COc1ccc(OC)c(S(=O)(=O)N(C)c2ccc(C)c(C)c2)c1. The first-order valence-corrected chi connectivity index (χ1v) is 8.53. The Bertz CT molecular complexity index is 815. The molecule has 0 amide bonds. The van der Waals surface area contributed by atoms with Gasteiger partial charge >= 0.3 is 0 Å². The van der Waals surface area contributed by atoms with E-state index in [0.29, 0.717) is 11.4 Å². The van der Waals surface area contributed by atoms with Crippen LogP contribution in [0.2, 0.25) is 0 Å². The maximum absolute atomic E-state index is 13.0.